The highest BCUT2D eigenvalue weighted by atomic mass is 16.4. The SMILES string of the molecule is CC(C)C(N)CC(=O)NC1CCCCC1(C)C(=O)O. The van der Waals surface area contributed by atoms with Gasteiger partial charge >= 0.3 is 5.97 Å². The molecule has 3 atom stereocenters. The number of rotatable bonds is 5. The molecule has 5 heteroatoms. The number of aliphatic carboxylic acids is 1. The number of nitrogens with two attached hydrogens (primary N) is 1. The molecular weight excluding hydrogens is 244 g/mol. The quantitative estimate of drug-likeness (QED) is 0.706. The van der Waals surface area contributed by atoms with Gasteiger partial charge in [0.2, 0.25) is 5.91 Å². The number of hydrogen-bond acceptors (Lipinski definition) is 3. The van der Waals surface area contributed by atoms with Gasteiger partial charge in [-0.25, -0.2) is 0 Å². The van der Waals surface area contributed by atoms with Crippen LogP contribution in [0.5, 0.6) is 0 Å². The zero-order valence-corrected chi connectivity index (χ0v) is 12.1. The van der Waals surface area contributed by atoms with Gasteiger partial charge in [-0.15, -0.1) is 0 Å². The maximum atomic E-state index is 12.0. The van der Waals surface area contributed by atoms with Gasteiger partial charge in [0.05, 0.1) is 5.41 Å². The fourth-order valence-corrected chi connectivity index (χ4v) is 2.52. The number of nitrogens with one attached hydrogen (secondary N) is 1. The molecule has 1 aliphatic rings. The van der Waals surface area contributed by atoms with E-state index in [0.29, 0.717) is 6.42 Å². The third-order valence-corrected chi connectivity index (χ3v) is 4.31. The topological polar surface area (TPSA) is 92.4 Å². The number of carboxylic acids is 1. The Hall–Kier alpha value is -1.10. The van der Waals surface area contributed by atoms with Crippen molar-refractivity contribution in [1.82, 2.24) is 5.32 Å². The van der Waals surface area contributed by atoms with Crippen LogP contribution in [-0.4, -0.2) is 29.1 Å². The van der Waals surface area contributed by atoms with Crippen LogP contribution in [0.4, 0.5) is 0 Å². The van der Waals surface area contributed by atoms with Gasteiger partial charge in [-0.3, -0.25) is 9.59 Å². The van der Waals surface area contributed by atoms with Crippen molar-refractivity contribution in [2.45, 2.75) is 65.0 Å². The lowest BCUT2D eigenvalue weighted by molar-refractivity contribution is -0.152. The predicted octanol–water partition coefficient (Wildman–Crippen LogP) is 1.51. The van der Waals surface area contributed by atoms with E-state index in [1.54, 1.807) is 6.92 Å². The molecule has 4 N–H and O–H groups in total. The van der Waals surface area contributed by atoms with Crippen LogP contribution in [0.2, 0.25) is 0 Å². The summed E-state index contributed by atoms with van der Waals surface area (Å²) < 4.78 is 0. The molecule has 1 amide bonds. The van der Waals surface area contributed by atoms with E-state index >= 15 is 0 Å². The van der Waals surface area contributed by atoms with Gasteiger partial charge in [0.1, 0.15) is 0 Å². The first-order valence-electron chi connectivity index (χ1n) is 7.05. The van der Waals surface area contributed by atoms with Crippen LogP contribution < -0.4 is 11.1 Å². The largest absolute Gasteiger partial charge is 0.481 e. The summed E-state index contributed by atoms with van der Waals surface area (Å²) in [6.07, 6.45) is 3.46. The Labute approximate surface area is 114 Å². The average Bonchev–Trinajstić information content (AvgIpc) is 2.31. The van der Waals surface area contributed by atoms with E-state index in [2.05, 4.69) is 5.32 Å². The van der Waals surface area contributed by atoms with Crippen molar-refractivity contribution >= 4 is 11.9 Å². The molecule has 1 rings (SSSR count). The number of hydrogen-bond donors (Lipinski definition) is 3. The van der Waals surface area contributed by atoms with Crippen molar-refractivity contribution < 1.29 is 14.7 Å². The molecule has 0 spiro atoms. The minimum absolute atomic E-state index is 0.138. The predicted molar refractivity (Wildman–Crippen MR) is 73.6 cm³/mol. The minimum Gasteiger partial charge on any atom is -0.481 e. The maximum absolute atomic E-state index is 12.0. The summed E-state index contributed by atoms with van der Waals surface area (Å²) >= 11 is 0. The van der Waals surface area contributed by atoms with Gasteiger partial charge in [-0.2, -0.15) is 0 Å². The molecule has 0 radical (unpaired) electrons. The molecule has 0 bridgehead atoms. The third kappa shape index (κ3) is 3.93. The maximum Gasteiger partial charge on any atom is 0.311 e. The smallest absolute Gasteiger partial charge is 0.311 e. The van der Waals surface area contributed by atoms with Gasteiger partial charge in [0.25, 0.3) is 0 Å². The first kappa shape index (κ1) is 16.0. The van der Waals surface area contributed by atoms with Crippen LogP contribution in [0, 0.1) is 11.3 Å². The van der Waals surface area contributed by atoms with E-state index in [9.17, 15) is 14.7 Å². The lowest BCUT2D eigenvalue weighted by atomic mass is 9.71. The second-order valence-corrected chi connectivity index (χ2v) is 6.20. The van der Waals surface area contributed by atoms with Gasteiger partial charge in [0, 0.05) is 18.5 Å². The van der Waals surface area contributed by atoms with Crippen LogP contribution in [0.1, 0.15) is 52.9 Å². The fraction of sp³-hybridized carbons (Fsp3) is 0.857. The van der Waals surface area contributed by atoms with Crippen molar-refractivity contribution in [3.8, 4) is 0 Å². The normalized spacial score (nSPS) is 29.0. The summed E-state index contributed by atoms with van der Waals surface area (Å²) in [6, 6.07) is -0.467. The highest BCUT2D eigenvalue weighted by Gasteiger charge is 2.43. The lowest BCUT2D eigenvalue weighted by Gasteiger charge is -2.38. The average molecular weight is 270 g/mol. The Balaban J connectivity index is 2.63. The summed E-state index contributed by atoms with van der Waals surface area (Å²) in [7, 11) is 0. The number of amides is 1. The Kier molecular flexibility index (Phi) is 5.35. The number of carbonyl (C=O) groups excluding carboxylic acids is 1. The number of carboxylic acid groups (broad SMARTS) is 1. The second kappa shape index (κ2) is 6.37. The molecule has 0 aliphatic heterocycles. The van der Waals surface area contributed by atoms with Crippen molar-refractivity contribution in [2.24, 2.45) is 17.1 Å². The fourth-order valence-electron chi connectivity index (χ4n) is 2.52. The first-order valence-corrected chi connectivity index (χ1v) is 7.05. The Morgan fingerprint density at radius 3 is 2.58 bits per heavy atom. The van der Waals surface area contributed by atoms with Crippen molar-refractivity contribution in [2.75, 3.05) is 0 Å². The standard InChI is InChI=1S/C14H26N2O3/c1-9(2)10(15)8-12(17)16-11-6-4-5-7-14(11,3)13(18)19/h9-11H,4-8,15H2,1-3H3,(H,16,17)(H,18,19). The zero-order chi connectivity index (χ0) is 14.6. The molecule has 19 heavy (non-hydrogen) atoms. The summed E-state index contributed by atoms with van der Waals surface area (Å²) in [5.74, 6) is -0.728. The molecule has 0 saturated heterocycles. The van der Waals surface area contributed by atoms with Gasteiger partial charge < -0.3 is 16.2 Å². The first-order chi connectivity index (χ1) is 8.77. The zero-order valence-electron chi connectivity index (χ0n) is 12.1. The molecular formula is C14H26N2O3. The second-order valence-electron chi connectivity index (χ2n) is 6.20. The highest BCUT2D eigenvalue weighted by molar-refractivity contribution is 5.80. The number of carbonyl (C=O) groups is 2. The van der Waals surface area contributed by atoms with E-state index in [1.165, 1.54) is 0 Å². The van der Waals surface area contributed by atoms with Crippen molar-refractivity contribution in [3.63, 3.8) is 0 Å². The molecule has 0 heterocycles. The molecule has 0 aromatic carbocycles. The van der Waals surface area contributed by atoms with Gasteiger partial charge in [0.15, 0.2) is 0 Å². The van der Waals surface area contributed by atoms with Gasteiger partial charge in [-0.1, -0.05) is 26.7 Å². The van der Waals surface area contributed by atoms with Crippen molar-refractivity contribution in [1.29, 1.82) is 0 Å². The monoisotopic (exact) mass is 270 g/mol. The molecule has 0 aromatic heterocycles. The summed E-state index contributed by atoms with van der Waals surface area (Å²) in [5, 5.41) is 12.3. The highest BCUT2D eigenvalue weighted by Crippen LogP contribution is 2.36. The molecule has 110 valence electrons. The van der Waals surface area contributed by atoms with E-state index in [4.69, 9.17) is 5.73 Å². The summed E-state index contributed by atoms with van der Waals surface area (Å²) in [6.45, 7) is 5.67. The van der Waals surface area contributed by atoms with Crippen LogP contribution in [0.3, 0.4) is 0 Å². The summed E-state index contributed by atoms with van der Waals surface area (Å²) in [5.41, 5.74) is 5.02. The van der Waals surface area contributed by atoms with E-state index in [1.807, 2.05) is 13.8 Å². The molecule has 3 unspecified atom stereocenters. The molecule has 5 nitrogen and oxygen atoms in total. The van der Waals surface area contributed by atoms with Gasteiger partial charge in [-0.05, 0) is 25.7 Å². The Morgan fingerprint density at radius 1 is 1.42 bits per heavy atom. The Bertz CT molecular complexity index is 344. The van der Waals surface area contributed by atoms with E-state index in [0.717, 1.165) is 19.3 Å². The van der Waals surface area contributed by atoms with Crippen LogP contribution in [0.15, 0.2) is 0 Å². The van der Waals surface area contributed by atoms with E-state index in [-0.39, 0.29) is 30.3 Å². The van der Waals surface area contributed by atoms with Crippen LogP contribution in [-0.2, 0) is 9.59 Å². The lowest BCUT2D eigenvalue weighted by Crippen LogP contribution is -2.53. The molecule has 0 aromatic rings. The van der Waals surface area contributed by atoms with Crippen LogP contribution in [0.25, 0.3) is 0 Å². The molecule has 1 aliphatic carbocycles. The van der Waals surface area contributed by atoms with Crippen molar-refractivity contribution in [3.05, 3.63) is 0 Å². The minimum atomic E-state index is -0.851. The molecule has 1 fully saturated rings. The third-order valence-electron chi connectivity index (χ3n) is 4.31. The molecule has 1 saturated carbocycles. The Morgan fingerprint density at radius 2 is 2.05 bits per heavy atom. The van der Waals surface area contributed by atoms with Crippen LogP contribution >= 0.6 is 0 Å². The summed E-state index contributed by atoms with van der Waals surface area (Å²) in [4.78, 5) is 23.4. The van der Waals surface area contributed by atoms with E-state index < -0.39 is 11.4 Å².